The molecule has 0 saturated heterocycles. The van der Waals surface area contributed by atoms with Crippen molar-refractivity contribution in [3.63, 3.8) is 0 Å². The lowest BCUT2D eigenvalue weighted by Crippen LogP contribution is -2.53. The van der Waals surface area contributed by atoms with Gasteiger partial charge in [0.15, 0.2) is 0 Å². The molecule has 2 atom stereocenters. The minimum atomic E-state index is -0.935. The zero-order chi connectivity index (χ0) is 22.0. The molecule has 0 spiro atoms. The lowest BCUT2D eigenvalue weighted by molar-refractivity contribution is 0.165. The number of aliphatic hydroxyl groups excluding tert-OH is 1. The molecule has 2 heteroatoms. The Morgan fingerprint density at radius 1 is 0.719 bits per heavy atom. The number of hydrogen-bond acceptors (Lipinski definition) is 2. The molecule has 1 aliphatic rings. The van der Waals surface area contributed by atoms with Crippen molar-refractivity contribution in [1.29, 1.82) is 0 Å². The molecule has 4 aromatic rings. The van der Waals surface area contributed by atoms with Gasteiger partial charge in [0.05, 0.1) is 5.54 Å². The fraction of sp³-hybridized carbons (Fsp3) is 0.133. The van der Waals surface area contributed by atoms with E-state index in [1.807, 2.05) is 24.3 Å². The van der Waals surface area contributed by atoms with Crippen molar-refractivity contribution in [2.24, 2.45) is 0 Å². The molecular weight excluding hydrogens is 390 g/mol. The van der Waals surface area contributed by atoms with Crippen molar-refractivity contribution in [3.05, 3.63) is 131 Å². The van der Waals surface area contributed by atoms with E-state index in [1.165, 1.54) is 22.3 Å². The van der Waals surface area contributed by atoms with Gasteiger partial charge < -0.3 is 5.11 Å². The Labute approximate surface area is 189 Å². The molecule has 0 saturated carbocycles. The van der Waals surface area contributed by atoms with E-state index in [1.54, 1.807) is 0 Å². The van der Waals surface area contributed by atoms with Crippen LogP contribution in [0.1, 0.15) is 22.3 Å². The van der Waals surface area contributed by atoms with Gasteiger partial charge in [-0.1, -0.05) is 115 Å². The van der Waals surface area contributed by atoms with E-state index in [0.29, 0.717) is 6.42 Å². The van der Waals surface area contributed by atoms with Crippen LogP contribution in [-0.2, 0) is 12.0 Å². The molecular formula is C30H25NO. The molecule has 0 fully saturated rings. The van der Waals surface area contributed by atoms with E-state index < -0.39 is 11.6 Å². The van der Waals surface area contributed by atoms with Gasteiger partial charge in [0.1, 0.15) is 6.10 Å². The SMILES string of the molecule is C#C[C@@H](O)[C@@H](Cc1ccccc1)NC1(c2ccccc2)c2ccccc2-c2ccccc21. The highest BCUT2D eigenvalue weighted by Gasteiger charge is 2.46. The van der Waals surface area contributed by atoms with Gasteiger partial charge in [-0.15, -0.1) is 6.42 Å². The van der Waals surface area contributed by atoms with Crippen molar-refractivity contribution >= 4 is 0 Å². The predicted molar refractivity (Wildman–Crippen MR) is 130 cm³/mol. The summed E-state index contributed by atoms with van der Waals surface area (Å²) in [5, 5.41) is 14.8. The highest BCUT2D eigenvalue weighted by Crippen LogP contribution is 2.51. The minimum absolute atomic E-state index is 0.346. The molecule has 0 aliphatic heterocycles. The maximum atomic E-state index is 10.9. The Hall–Kier alpha value is -3.64. The Morgan fingerprint density at radius 2 is 1.22 bits per heavy atom. The first-order valence-corrected chi connectivity index (χ1v) is 10.9. The molecule has 0 heterocycles. The first-order valence-electron chi connectivity index (χ1n) is 10.9. The molecule has 2 N–H and O–H groups in total. The molecule has 32 heavy (non-hydrogen) atoms. The van der Waals surface area contributed by atoms with Gasteiger partial charge in [-0.05, 0) is 39.8 Å². The number of hydrogen-bond donors (Lipinski definition) is 2. The van der Waals surface area contributed by atoms with Gasteiger partial charge >= 0.3 is 0 Å². The smallest absolute Gasteiger partial charge is 0.130 e. The molecule has 0 unspecified atom stereocenters. The third kappa shape index (κ3) is 3.33. The maximum absolute atomic E-state index is 10.9. The van der Waals surface area contributed by atoms with E-state index in [2.05, 4.69) is 96.2 Å². The highest BCUT2D eigenvalue weighted by atomic mass is 16.3. The second-order valence-electron chi connectivity index (χ2n) is 8.26. The number of rotatable bonds is 6. The van der Waals surface area contributed by atoms with Gasteiger partial charge in [-0.3, -0.25) is 5.32 Å². The molecule has 4 aromatic carbocycles. The maximum Gasteiger partial charge on any atom is 0.130 e. The van der Waals surface area contributed by atoms with Gasteiger partial charge in [-0.25, -0.2) is 0 Å². The number of terminal acetylenes is 1. The van der Waals surface area contributed by atoms with Crippen LogP contribution < -0.4 is 5.32 Å². The van der Waals surface area contributed by atoms with Crippen LogP contribution in [0.4, 0.5) is 0 Å². The molecule has 2 nitrogen and oxygen atoms in total. The molecule has 0 amide bonds. The highest BCUT2D eigenvalue weighted by molar-refractivity contribution is 5.83. The number of nitrogens with one attached hydrogen (secondary N) is 1. The molecule has 1 aliphatic carbocycles. The van der Waals surface area contributed by atoms with Crippen LogP contribution in [0.2, 0.25) is 0 Å². The number of fused-ring (bicyclic) bond motifs is 3. The molecule has 0 bridgehead atoms. The second-order valence-corrected chi connectivity index (χ2v) is 8.26. The summed E-state index contributed by atoms with van der Waals surface area (Å²) in [4.78, 5) is 0. The van der Waals surface area contributed by atoms with Crippen LogP contribution in [0.15, 0.2) is 109 Å². The minimum Gasteiger partial charge on any atom is -0.379 e. The predicted octanol–water partition coefficient (Wildman–Crippen LogP) is 5.15. The molecule has 156 valence electrons. The van der Waals surface area contributed by atoms with Gasteiger partial charge in [0.25, 0.3) is 0 Å². The van der Waals surface area contributed by atoms with Gasteiger partial charge in [-0.2, -0.15) is 0 Å². The summed E-state index contributed by atoms with van der Waals surface area (Å²) in [6, 6.07) is 37.3. The van der Waals surface area contributed by atoms with Crippen LogP contribution >= 0.6 is 0 Å². The lowest BCUT2D eigenvalue weighted by Gasteiger charge is -2.38. The van der Waals surface area contributed by atoms with E-state index in [9.17, 15) is 5.11 Å². The Morgan fingerprint density at radius 3 is 1.78 bits per heavy atom. The fourth-order valence-corrected chi connectivity index (χ4v) is 4.98. The van der Waals surface area contributed by atoms with Crippen molar-refractivity contribution in [3.8, 4) is 23.5 Å². The number of aliphatic hydroxyl groups is 1. The summed E-state index contributed by atoms with van der Waals surface area (Å²) in [6.07, 6.45) is 5.41. The Kier molecular flexibility index (Phi) is 5.37. The van der Waals surface area contributed by atoms with Crippen molar-refractivity contribution in [2.75, 3.05) is 0 Å². The summed E-state index contributed by atoms with van der Waals surface area (Å²) >= 11 is 0. The monoisotopic (exact) mass is 415 g/mol. The third-order valence-electron chi connectivity index (χ3n) is 6.41. The number of benzene rings is 4. The molecule has 5 rings (SSSR count). The van der Waals surface area contributed by atoms with E-state index >= 15 is 0 Å². The van der Waals surface area contributed by atoms with E-state index in [-0.39, 0.29) is 6.04 Å². The zero-order valence-corrected chi connectivity index (χ0v) is 17.8. The zero-order valence-electron chi connectivity index (χ0n) is 17.8. The lowest BCUT2D eigenvalue weighted by atomic mass is 9.79. The average molecular weight is 416 g/mol. The normalized spacial score (nSPS) is 15.2. The summed E-state index contributed by atoms with van der Waals surface area (Å²) in [6.45, 7) is 0. The van der Waals surface area contributed by atoms with E-state index in [0.717, 1.165) is 11.1 Å². The fourth-order valence-electron chi connectivity index (χ4n) is 4.98. The topological polar surface area (TPSA) is 32.3 Å². The summed E-state index contributed by atoms with van der Waals surface area (Å²) in [5.74, 6) is 2.57. The largest absolute Gasteiger partial charge is 0.379 e. The summed E-state index contributed by atoms with van der Waals surface area (Å²) in [7, 11) is 0. The van der Waals surface area contributed by atoms with Crippen molar-refractivity contribution < 1.29 is 5.11 Å². The summed E-state index contributed by atoms with van der Waals surface area (Å²) in [5.41, 5.74) is 6.39. The van der Waals surface area contributed by atoms with Crippen LogP contribution in [-0.4, -0.2) is 17.3 Å². The quantitative estimate of drug-likeness (QED) is 0.427. The first-order chi connectivity index (χ1) is 15.7. The summed E-state index contributed by atoms with van der Waals surface area (Å²) < 4.78 is 0. The van der Waals surface area contributed by atoms with E-state index in [4.69, 9.17) is 6.42 Å². The van der Waals surface area contributed by atoms with Crippen molar-refractivity contribution in [2.45, 2.75) is 24.1 Å². The van der Waals surface area contributed by atoms with Gasteiger partial charge in [0, 0.05) is 6.04 Å². The standard InChI is InChI=1S/C30H25NO/c1-2-29(32)28(21-22-13-5-3-6-14-22)31-30(23-15-7-4-8-16-23)26-19-11-9-17-24(26)25-18-10-12-20-27(25)30/h1,3-20,28-29,31-32H,21H2/t28-,29-/m1/s1. The van der Waals surface area contributed by atoms with Crippen LogP contribution in [0.5, 0.6) is 0 Å². The average Bonchev–Trinajstić information content (AvgIpc) is 3.15. The second kappa shape index (κ2) is 8.48. The third-order valence-corrected chi connectivity index (χ3v) is 6.41. The van der Waals surface area contributed by atoms with Crippen LogP contribution in [0.3, 0.4) is 0 Å². The first kappa shape index (κ1) is 20.3. The van der Waals surface area contributed by atoms with Crippen molar-refractivity contribution in [1.82, 2.24) is 5.32 Å². The Balaban J connectivity index is 1.71. The van der Waals surface area contributed by atoms with Crippen LogP contribution in [0.25, 0.3) is 11.1 Å². The Bertz CT molecular complexity index is 1210. The van der Waals surface area contributed by atoms with Gasteiger partial charge in [0.2, 0.25) is 0 Å². The van der Waals surface area contributed by atoms with Crippen LogP contribution in [0, 0.1) is 12.3 Å². The molecule has 0 aromatic heterocycles. The molecule has 0 radical (unpaired) electrons.